The largest absolute Gasteiger partial charge is 0.481 e. The number of nitrogens with one attached hydrogen (secondary N) is 1. The van der Waals surface area contributed by atoms with Crippen LogP contribution in [-0.4, -0.2) is 21.2 Å². The molecule has 0 aliphatic carbocycles. The third-order valence-electron chi connectivity index (χ3n) is 4.39. The van der Waals surface area contributed by atoms with Gasteiger partial charge < -0.3 is 10.2 Å². The number of aromatic amines is 1. The number of H-pyrrole nitrogens is 1. The molecule has 3 N–H and O–H groups in total. The van der Waals surface area contributed by atoms with Crippen molar-refractivity contribution in [3.63, 3.8) is 0 Å². The lowest BCUT2D eigenvalue weighted by Gasteiger charge is -2.22. The zero-order valence-electron chi connectivity index (χ0n) is 14.5. The molecule has 0 spiro atoms. The average Bonchev–Trinajstić information content (AvgIpc) is 3.03. The standard InChI is InChI=1S/C18H32N2O3/c1-2-3-4-5-6-7-8-9-10-11-12-18(23,15-17(21)22)20-14-13-19-16-20/h13-14,16,23H,2-12,15H2,1H3,(H,21,22)/p+1. The molecule has 0 radical (unpaired) electrons. The molecule has 0 fully saturated rings. The number of hydrogen-bond acceptors (Lipinski definition) is 2. The number of aliphatic carboxylic acids is 1. The first-order valence-electron chi connectivity index (χ1n) is 9.07. The van der Waals surface area contributed by atoms with Crippen LogP contribution in [-0.2, 0) is 10.5 Å². The molecular weight excluding hydrogens is 292 g/mol. The Labute approximate surface area is 139 Å². The van der Waals surface area contributed by atoms with Crippen LogP contribution in [0.5, 0.6) is 0 Å². The van der Waals surface area contributed by atoms with Gasteiger partial charge >= 0.3 is 5.97 Å². The number of carboxylic acids is 1. The van der Waals surface area contributed by atoms with E-state index in [1.807, 2.05) is 0 Å². The summed E-state index contributed by atoms with van der Waals surface area (Å²) in [6.07, 6.45) is 17.4. The maximum atomic E-state index is 11.0. The fourth-order valence-electron chi connectivity index (χ4n) is 3.00. The molecule has 0 amide bonds. The lowest BCUT2D eigenvalue weighted by molar-refractivity contribution is -0.806. The first-order chi connectivity index (χ1) is 11.1. The number of hydrogen-bond donors (Lipinski definition) is 3. The van der Waals surface area contributed by atoms with Gasteiger partial charge in [0, 0.05) is 6.42 Å². The Morgan fingerprint density at radius 1 is 1.04 bits per heavy atom. The van der Waals surface area contributed by atoms with Crippen molar-refractivity contribution >= 4 is 5.97 Å². The van der Waals surface area contributed by atoms with Gasteiger partial charge in [0.15, 0.2) is 0 Å². The minimum atomic E-state index is -1.33. The number of rotatable bonds is 14. The average molecular weight is 325 g/mol. The molecular formula is C18H33N2O3+. The Hall–Kier alpha value is -1.36. The van der Waals surface area contributed by atoms with E-state index >= 15 is 0 Å². The van der Waals surface area contributed by atoms with Crippen LogP contribution < -0.4 is 4.57 Å². The summed E-state index contributed by atoms with van der Waals surface area (Å²) in [5.74, 6) is -0.978. The van der Waals surface area contributed by atoms with Gasteiger partial charge in [-0.15, -0.1) is 0 Å². The second-order valence-corrected chi connectivity index (χ2v) is 6.50. The maximum absolute atomic E-state index is 11.0. The van der Waals surface area contributed by atoms with Crippen LogP contribution in [0, 0.1) is 0 Å². The maximum Gasteiger partial charge on any atom is 0.310 e. The first-order valence-corrected chi connectivity index (χ1v) is 9.07. The van der Waals surface area contributed by atoms with Crippen LogP contribution in [0.4, 0.5) is 0 Å². The highest BCUT2D eigenvalue weighted by molar-refractivity contribution is 5.67. The van der Waals surface area contributed by atoms with Gasteiger partial charge in [0.05, 0.1) is 0 Å². The molecule has 5 heteroatoms. The molecule has 0 aliphatic rings. The van der Waals surface area contributed by atoms with Crippen molar-refractivity contribution in [3.8, 4) is 0 Å². The van der Waals surface area contributed by atoms with E-state index < -0.39 is 11.7 Å². The quantitative estimate of drug-likeness (QED) is 0.360. The minimum Gasteiger partial charge on any atom is -0.481 e. The molecule has 0 aliphatic heterocycles. The summed E-state index contributed by atoms with van der Waals surface area (Å²) >= 11 is 0. The first kappa shape index (κ1) is 19.7. The van der Waals surface area contributed by atoms with Crippen LogP contribution in [0.25, 0.3) is 0 Å². The molecule has 1 aromatic heterocycles. The molecule has 1 unspecified atom stereocenters. The van der Waals surface area contributed by atoms with Crippen molar-refractivity contribution in [3.05, 3.63) is 18.7 Å². The van der Waals surface area contributed by atoms with E-state index in [9.17, 15) is 9.90 Å². The van der Waals surface area contributed by atoms with Crippen LogP contribution in [0.15, 0.2) is 18.7 Å². The summed E-state index contributed by atoms with van der Waals surface area (Å²) < 4.78 is 1.56. The van der Waals surface area contributed by atoms with Gasteiger partial charge in [-0.05, 0) is 6.42 Å². The number of carbonyl (C=O) groups is 1. The molecule has 0 saturated carbocycles. The molecule has 1 atom stereocenters. The normalized spacial score (nSPS) is 13.8. The fourth-order valence-corrected chi connectivity index (χ4v) is 3.00. The van der Waals surface area contributed by atoms with Gasteiger partial charge in [0.25, 0.3) is 0 Å². The van der Waals surface area contributed by atoms with Crippen LogP contribution in [0.2, 0.25) is 0 Å². The Kier molecular flexibility index (Phi) is 9.60. The van der Waals surface area contributed by atoms with Crippen LogP contribution in [0.3, 0.4) is 0 Å². The molecule has 1 heterocycles. The summed E-state index contributed by atoms with van der Waals surface area (Å²) in [5.41, 5.74) is -1.33. The Bertz CT molecular complexity index is 420. The molecule has 5 nitrogen and oxygen atoms in total. The number of carboxylic acid groups (broad SMARTS) is 1. The SMILES string of the molecule is CCCCCCCCCCCCC(O)(CC(=O)O)[n+]1cc[nH]c1. The second-order valence-electron chi connectivity index (χ2n) is 6.50. The smallest absolute Gasteiger partial charge is 0.310 e. The third-order valence-corrected chi connectivity index (χ3v) is 4.39. The highest BCUT2D eigenvalue weighted by Crippen LogP contribution is 2.20. The molecule has 1 aromatic rings. The fraction of sp³-hybridized carbons (Fsp3) is 0.778. The summed E-state index contributed by atoms with van der Waals surface area (Å²) in [6, 6.07) is 0. The van der Waals surface area contributed by atoms with Gasteiger partial charge in [-0.1, -0.05) is 64.7 Å². The summed E-state index contributed by atoms with van der Waals surface area (Å²) in [4.78, 5) is 13.9. The van der Waals surface area contributed by atoms with E-state index in [1.54, 1.807) is 23.3 Å². The summed E-state index contributed by atoms with van der Waals surface area (Å²) in [5, 5.41) is 19.7. The van der Waals surface area contributed by atoms with E-state index in [0.717, 1.165) is 19.3 Å². The zero-order chi connectivity index (χ0) is 17.0. The van der Waals surface area contributed by atoms with Crippen molar-refractivity contribution in [2.24, 2.45) is 0 Å². The number of nitrogens with zero attached hydrogens (tertiary/aromatic N) is 1. The van der Waals surface area contributed by atoms with Gasteiger partial charge in [-0.3, -0.25) is 9.78 Å². The molecule has 23 heavy (non-hydrogen) atoms. The molecule has 0 saturated heterocycles. The third kappa shape index (κ3) is 8.16. The Morgan fingerprint density at radius 3 is 2.09 bits per heavy atom. The van der Waals surface area contributed by atoms with E-state index in [4.69, 9.17) is 5.11 Å². The van der Waals surface area contributed by atoms with Crippen molar-refractivity contribution < 1.29 is 19.6 Å². The van der Waals surface area contributed by atoms with Gasteiger partial charge in [0.1, 0.15) is 18.8 Å². The minimum absolute atomic E-state index is 0.271. The lowest BCUT2D eigenvalue weighted by atomic mass is 9.99. The predicted octanol–water partition coefficient (Wildman–Crippen LogP) is 3.73. The van der Waals surface area contributed by atoms with E-state index in [1.165, 1.54) is 44.9 Å². The van der Waals surface area contributed by atoms with Crippen LogP contribution in [0.1, 0.15) is 84.0 Å². The van der Waals surface area contributed by atoms with Crippen molar-refractivity contribution in [2.45, 2.75) is 89.7 Å². The number of aliphatic hydroxyl groups is 1. The molecule has 1 rings (SSSR count). The van der Waals surface area contributed by atoms with Gasteiger partial charge in [0.2, 0.25) is 12.1 Å². The molecule has 132 valence electrons. The number of aromatic nitrogens is 2. The molecule has 0 bridgehead atoms. The Balaban J connectivity index is 2.17. The highest BCUT2D eigenvalue weighted by Gasteiger charge is 2.35. The number of unbranched alkanes of at least 4 members (excludes halogenated alkanes) is 9. The predicted molar refractivity (Wildman–Crippen MR) is 89.9 cm³/mol. The van der Waals surface area contributed by atoms with Gasteiger partial charge in [-0.2, -0.15) is 0 Å². The highest BCUT2D eigenvalue weighted by atomic mass is 16.4. The molecule has 0 aromatic carbocycles. The second kappa shape index (κ2) is 11.2. The van der Waals surface area contributed by atoms with Crippen LogP contribution >= 0.6 is 0 Å². The lowest BCUT2D eigenvalue weighted by Crippen LogP contribution is -2.56. The van der Waals surface area contributed by atoms with E-state index in [-0.39, 0.29) is 6.42 Å². The Morgan fingerprint density at radius 2 is 1.61 bits per heavy atom. The van der Waals surface area contributed by atoms with E-state index in [2.05, 4.69) is 11.9 Å². The monoisotopic (exact) mass is 325 g/mol. The topological polar surface area (TPSA) is 77.2 Å². The summed E-state index contributed by atoms with van der Waals surface area (Å²) in [7, 11) is 0. The summed E-state index contributed by atoms with van der Waals surface area (Å²) in [6.45, 7) is 2.23. The van der Waals surface area contributed by atoms with Crippen molar-refractivity contribution in [1.82, 2.24) is 4.98 Å². The van der Waals surface area contributed by atoms with Gasteiger partial charge in [-0.25, -0.2) is 4.57 Å². The van der Waals surface area contributed by atoms with Crippen molar-refractivity contribution in [2.75, 3.05) is 0 Å². The van der Waals surface area contributed by atoms with Crippen molar-refractivity contribution in [1.29, 1.82) is 0 Å². The number of imidazole rings is 1. The van der Waals surface area contributed by atoms with E-state index in [0.29, 0.717) is 6.42 Å². The zero-order valence-corrected chi connectivity index (χ0v) is 14.5.